The Bertz CT molecular complexity index is 1320. The first kappa shape index (κ1) is 25.4. The number of hydrogen-bond acceptors (Lipinski definition) is 7. The molecule has 3 rings (SSSR count). The number of hydrogen-bond donors (Lipinski definition) is 1. The highest BCUT2D eigenvalue weighted by molar-refractivity contribution is 7.92. The predicted octanol–water partition coefficient (Wildman–Crippen LogP) is 3.40. The van der Waals surface area contributed by atoms with Crippen LogP contribution in [0.4, 0.5) is 11.4 Å². The van der Waals surface area contributed by atoms with Crippen LogP contribution >= 0.6 is 0 Å². The summed E-state index contributed by atoms with van der Waals surface area (Å²) in [6, 6.07) is 18.5. The largest absolute Gasteiger partial charge is 0.465 e. The molecule has 0 saturated heterocycles. The van der Waals surface area contributed by atoms with Crippen molar-refractivity contribution in [2.24, 2.45) is 0 Å². The first-order valence-corrected chi connectivity index (χ1v) is 11.9. The van der Waals surface area contributed by atoms with Gasteiger partial charge in [0.25, 0.3) is 10.0 Å². The highest BCUT2D eigenvalue weighted by atomic mass is 32.2. The maximum atomic E-state index is 13.5. The average molecular weight is 497 g/mol. The molecule has 3 aromatic carbocycles. The maximum absolute atomic E-state index is 13.5. The molecule has 0 aliphatic rings. The Morgan fingerprint density at radius 3 is 1.97 bits per heavy atom. The van der Waals surface area contributed by atoms with E-state index in [1.165, 1.54) is 44.6 Å². The van der Waals surface area contributed by atoms with E-state index in [4.69, 9.17) is 9.47 Å². The first-order valence-electron chi connectivity index (χ1n) is 10.4. The predicted molar refractivity (Wildman–Crippen MR) is 130 cm³/mol. The molecule has 0 saturated carbocycles. The molecule has 0 unspecified atom stereocenters. The average Bonchev–Trinajstić information content (AvgIpc) is 2.86. The van der Waals surface area contributed by atoms with Gasteiger partial charge in [0.1, 0.15) is 6.54 Å². The summed E-state index contributed by atoms with van der Waals surface area (Å²) in [5.74, 6) is -2.14. The van der Waals surface area contributed by atoms with Crippen molar-refractivity contribution < 1.29 is 32.3 Å². The fourth-order valence-electron chi connectivity index (χ4n) is 3.31. The highest BCUT2D eigenvalue weighted by Gasteiger charge is 2.27. The molecule has 0 aliphatic carbocycles. The van der Waals surface area contributed by atoms with Gasteiger partial charge in [-0.15, -0.1) is 0 Å². The number of sulfonamides is 1. The molecule has 35 heavy (non-hydrogen) atoms. The molecule has 0 aliphatic heterocycles. The van der Waals surface area contributed by atoms with Gasteiger partial charge in [-0.25, -0.2) is 18.0 Å². The van der Waals surface area contributed by atoms with E-state index < -0.39 is 34.4 Å². The van der Waals surface area contributed by atoms with Gasteiger partial charge in [0, 0.05) is 5.69 Å². The lowest BCUT2D eigenvalue weighted by Crippen LogP contribution is -2.38. The fourth-order valence-corrected chi connectivity index (χ4v) is 4.84. The van der Waals surface area contributed by atoms with Gasteiger partial charge in [-0.2, -0.15) is 0 Å². The monoisotopic (exact) mass is 496 g/mol. The van der Waals surface area contributed by atoms with Gasteiger partial charge in [0.15, 0.2) is 0 Å². The van der Waals surface area contributed by atoms with Gasteiger partial charge in [-0.1, -0.05) is 30.3 Å². The summed E-state index contributed by atoms with van der Waals surface area (Å²) in [6.07, 6.45) is 0. The van der Waals surface area contributed by atoms with Crippen molar-refractivity contribution in [3.8, 4) is 0 Å². The lowest BCUT2D eigenvalue weighted by molar-refractivity contribution is -0.114. The second-order valence-corrected chi connectivity index (χ2v) is 9.36. The summed E-state index contributed by atoms with van der Waals surface area (Å²) in [5.41, 5.74) is 1.16. The summed E-state index contributed by atoms with van der Waals surface area (Å²) in [7, 11) is -1.73. The number of amides is 1. The molecule has 3 aromatic rings. The van der Waals surface area contributed by atoms with Gasteiger partial charge in [0.2, 0.25) is 5.91 Å². The van der Waals surface area contributed by atoms with Gasteiger partial charge < -0.3 is 14.8 Å². The minimum absolute atomic E-state index is 0.0120. The van der Waals surface area contributed by atoms with Crippen LogP contribution in [0.2, 0.25) is 0 Å². The summed E-state index contributed by atoms with van der Waals surface area (Å²) < 4.78 is 37.3. The number of ether oxygens (including phenoxy) is 2. The lowest BCUT2D eigenvalue weighted by Gasteiger charge is -2.24. The van der Waals surface area contributed by atoms with Crippen LogP contribution in [-0.2, 0) is 24.3 Å². The van der Waals surface area contributed by atoms with Crippen molar-refractivity contribution in [3.63, 3.8) is 0 Å². The molecule has 0 atom stereocenters. The van der Waals surface area contributed by atoms with Crippen LogP contribution in [0.1, 0.15) is 26.3 Å². The van der Waals surface area contributed by atoms with E-state index in [1.54, 1.807) is 49.4 Å². The van der Waals surface area contributed by atoms with E-state index in [-0.39, 0.29) is 21.7 Å². The molecule has 0 aromatic heterocycles. The van der Waals surface area contributed by atoms with Crippen molar-refractivity contribution in [3.05, 3.63) is 89.5 Å². The minimum atomic E-state index is -4.09. The van der Waals surface area contributed by atoms with Crippen LogP contribution < -0.4 is 9.62 Å². The molecule has 0 fully saturated rings. The number of rotatable bonds is 8. The van der Waals surface area contributed by atoms with Crippen LogP contribution in [0.3, 0.4) is 0 Å². The van der Waals surface area contributed by atoms with Crippen molar-refractivity contribution in [1.29, 1.82) is 0 Å². The molecular weight excluding hydrogens is 472 g/mol. The Kier molecular flexibility index (Phi) is 7.87. The number of nitrogens with one attached hydrogen (secondary N) is 1. The number of methoxy groups -OCH3 is 2. The number of esters is 2. The number of anilines is 2. The van der Waals surface area contributed by atoms with E-state index in [0.717, 1.165) is 9.87 Å². The van der Waals surface area contributed by atoms with Crippen LogP contribution in [-0.4, -0.2) is 47.0 Å². The van der Waals surface area contributed by atoms with E-state index in [9.17, 15) is 22.8 Å². The molecule has 1 N–H and O–H groups in total. The van der Waals surface area contributed by atoms with E-state index in [0.29, 0.717) is 5.69 Å². The fraction of sp³-hybridized carbons (Fsp3) is 0.160. The second-order valence-electron chi connectivity index (χ2n) is 7.49. The van der Waals surface area contributed by atoms with Crippen molar-refractivity contribution in [2.75, 3.05) is 30.4 Å². The summed E-state index contributed by atoms with van der Waals surface area (Å²) in [5, 5.41) is 2.56. The number of aryl methyl sites for hydroxylation is 1. The SMILES string of the molecule is COC(=O)c1cc(NC(=O)CN(c2ccccc2)S(=O)(=O)c2cccc(C)c2)cc(C(=O)OC)c1. The molecule has 0 bridgehead atoms. The topological polar surface area (TPSA) is 119 Å². The van der Waals surface area contributed by atoms with E-state index in [1.807, 2.05) is 0 Å². The Balaban J connectivity index is 1.96. The number of para-hydroxylation sites is 1. The summed E-state index contributed by atoms with van der Waals surface area (Å²) in [6.45, 7) is 1.21. The normalized spacial score (nSPS) is 10.8. The van der Waals surface area contributed by atoms with Crippen LogP contribution in [0, 0.1) is 6.92 Å². The number of nitrogens with zero attached hydrogens (tertiary/aromatic N) is 1. The molecule has 10 heteroatoms. The Labute approximate surface area is 203 Å². The maximum Gasteiger partial charge on any atom is 0.337 e. The van der Waals surface area contributed by atoms with Gasteiger partial charge in [0.05, 0.1) is 35.9 Å². The van der Waals surface area contributed by atoms with Gasteiger partial charge in [-0.05, 0) is 55.0 Å². The Morgan fingerprint density at radius 2 is 1.43 bits per heavy atom. The molecule has 182 valence electrons. The molecule has 0 spiro atoms. The van der Waals surface area contributed by atoms with Crippen LogP contribution in [0.25, 0.3) is 0 Å². The van der Waals surface area contributed by atoms with Gasteiger partial charge in [-0.3, -0.25) is 9.10 Å². The quantitative estimate of drug-likeness (QED) is 0.475. The standard InChI is InChI=1S/C25H24N2O7S/c1-17-8-7-11-22(12-17)35(31,32)27(21-9-5-4-6-10-21)16-23(28)26-20-14-18(24(29)33-2)13-19(15-20)25(30)34-3/h4-15H,16H2,1-3H3,(H,26,28). The number of carbonyl (C=O) groups excluding carboxylic acids is 3. The third-order valence-corrected chi connectivity index (χ3v) is 6.74. The summed E-state index contributed by atoms with van der Waals surface area (Å²) in [4.78, 5) is 37.1. The summed E-state index contributed by atoms with van der Waals surface area (Å²) >= 11 is 0. The number of carbonyl (C=O) groups is 3. The lowest BCUT2D eigenvalue weighted by atomic mass is 10.1. The third-order valence-electron chi connectivity index (χ3n) is 4.97. The zero-order chi connectivity index (χ0) is 25.6. The molecule has 0 heterocycles. The highest BCUT2D eigenvalue weighted by Crippen LogP contribution is 2.24. The van der Waals surface area contributed by atoms with Crippen LogP contribution in [0.5, 0.6) is 0 Å². The smallest absolute Gasteiger partial charge is 0.337 e. The van der Waals surface area contributed by atoms with Crippen molar-refractivity contribution in [1.82, 2.24) is 0 Å². The zero-order valence-corrected chi connectivity index (χ0v) is 20.2. The van der Waals surface area contributed by atoms with Crippen molar-refractivity contribution in [2.45, 2.75) is 11.8 Å². The molecule has 9 nitrogen and oxygen atoms in total. The van der Waals surface area contributed by atoms with E-state index in [2.05, 4.69) is 5.32 Å². The minimum Gasteiger partial charge on any atom is -0.465 e. The second kappa shape index (κ2) is 10.8. The van der Waals surface area contributed by atoms with E-state index >= 15 is 0 Å². The molecule has 0 radical (unpaired) electrons. The first-order chi connectivity index (χ1) is 16.6. The zero-order valence-electron chi connectivity index (χ0n) is 19.3. The van der Waals surface area contributed by atoms with Gasteiger partial charge >= 0.3 is 11.9 Å². The molecular formula is C25H24N2O7S. The Hall–Kier alpha value is -4.18. The Morgan fingerprint density at radius 1 is 0.829 bits per heavy atom. The molecule has 1 amide bonds. The number of benzene rings is 3. The third kappa shape index (κ3) is 6.04. The van der Waals surface area contributed by atoms with Crippen LogP contribution in [0.15, 0.2) is 77.7 Å². The van der Waals surface area contributed by atoms with Crippen molar-refractivity contribution >= 4 is 39.2 Å².